The maximum atomic E-state index is 13.4. The third-order valence-electron chi connectivity index (χ3n) is 7.78. The topological polar surface area (TPSA) is 102 Å². The molecule has 2 amide bonds. The Kier molecular flexibility index (Phi) is 5.41. The Bertz CT molecular complexity index is 1640. The smallest absolute Gasteiger partial charge is 0.317 e. The molecular weight excluding hydrogens is 488 g/mol. The maximum absolute atomic E-state index is 13.4. The number of aryl methyl sites for hydroxylation is 3. The summed E-state index contributed by atoms with van der Waals surface area (Å²) in [4.78, 5) is 19.1. The lowest BCUT2D eigenvalue weighted by atomic mass is 9.82. The third-order valence-corrected chi connectivity index (χ3v) is 9.44. The van der Waals surface area contributed by atoms with Crippen LogP contribution in [-0.2, 0) is 22.0 Å². The van der Waals surface area contributed by atoms with E-state index in [2.05, 4.69) is 21.0 Å². The van der Waals surface area contributed by atoms with Gasteiger partial charge in [-0.2, -0.15) is 5.10 Å². The number of nitrogens with one attached hydrogen (secondary N) is 1. The van der Waals surface area contributed by atoms with Crippen molar-refractivity contribution in [2.75, 3.05) is 19.6 Å². The highest BCUT2D eigenvalue weighted by Gasteiger charge is 2.46. The molecule has 3 aromatic heterocycles. The van der Waals surface area contributed by atoms with Gasteiger partial charge in [0.2, 0.25) is 0 Å². The second-order valence-corrected chi connectivity index (χ2v) is 12.0. The maximum Gasteiger partial charge on any atom is 0.317 e. The van der Waals surface area contributed by atoms with Gasteiger partial charge in [0.1, 0.15) is 0 Å². The molecule has 2 aliphatic rings. The first-order valence-corrected chi connectivity index (χ1v) is 14.1. The number of urea groups is 1. The number of likely N-dealkylation sites (tertiary alicyclic amines) is 1. The summed E-state index contributed by atoms with van der Waals surface area (Å²) in [6, 6.07) is 10.9. The van der Waals surface area contributed by atoms with Gasteiger partial charge in [0.05, 0.1) is 10.6 Å². The monoisotopic (exact) mass is 518 g/mol. The zero-order valence-electron chi connectivity index (χ0n) is 21.2. The summed E-state index contributed by atoms with van der Waals surface area (Å²) < 4.78 is 30.0. The lowest BCUT2D eigenvalue weighted by molar-refractivity contribution is 0.206. The first-order chi connectivity index (χ1) is 17.7. The van der Waals surface area contributed by atoms with E-state index in [4.69, 9.17) is 5.10 Å². The summed E-state index contributed by atoms with van der Waals surface area (Å²) in [6.07, 6.45) is 5.23. The van der Waals surface area contributed by atoms with Gasteiger partial charge in [-0.1, -0.05) is 17.7 Å². The molecule has 0 aliphatic carbocycles. The molecule has 4 aromatic rings. The minimum absolute atomic E-state index is 0.00667. The van der Waals surface area contributed by atoms with Crippen LogP contribution < -0.4 is 5.32 Å². The van der Waals surface area contributed by atoms with E-state index >= 15 is 0 Å². The molecule has 6 rings (SSSR count). The second kappa shape index (κ2) is 8.44. The number of amides is 2. The zero-order chi connectivity index (χ0) is 25.9. The van der Waals surface area contributed by atoms with Gasteiger partial charge in [-0.25, -0.2) is 22.2 Å². The number of hydrogen-bond acceptors (Lipinski definition) is 5. The Labute approximate surface area is 216 Å². The summed E-state index contributed by atoms with van der Waals surface area (Å²) >= 11 is 0. The molecule has 0 saturated carbocycles. The van der Waals surface area contributed by atoms with Gasteiger partial charge >= 0.3 is 6.03 Å². The average molecular weight is 519 g/mol. The van der Waals surface area contributed by atoms with Crippen molar-refractivity contribution in [3.05, 3.63) is 65.6 Å². The van der Waals surface area contributed by atoms with Crippen molar-refractivity contribution >= 4 is 27.1 Å². The Morgan fingerprint density at radius 2 is 1.86 bits per heavy atom. The Morgan fingerprint density at radius 3 is 2.62 bits per heavy atom. The van der Waals surface area contributed by atoms with E-state index in [0.29, 0.717) is 18.7 Å². The van der Waals surface area contributed by atoms with E-state index in [0.717, 1.165) is 59.4 Å². The second-order valence-electron chi connectivity index (χ2n) is 10.2. The first kappa shape index (κ1) is 23.7. The molecule has 1 saturated heterocycles. The summed E-state index contributed by atoms with van der Waals surface area (Å²) in [5, 5.41) is 8.55. The van der Waals surface area contributed by atoms with Crippen molar-refractivity contribution in [1.82, 2.24) is 29.0 Å². The van der Waals surface area contributed by atoms with Crippen LogP contribution in [0.5, 0.6) is 0 Å². The molecule has 0 bridgehead atoms. The molecule has 5 heterocycles. The molecule has 1 aromatic carbocycles. The molecule has 0 radical (unpaired) electrons. The van der Waals surface area contributed by atoms with Crippen molar-refractivity contribution < 1.29 is 13.2 Å². The van der Waals surface area contributed by atoms with Crippen LogP contribution >= 0.6 is 0 Å². The molecule has 2 aliphatic heterocycles. The molecule has 1 N–H and O–H groups in total. The van der Waals surface area contributed by atoms with Crippen LogP contribution in [0.3, 0.4) is 0 Å². The van der Waals surface area contributed by atoms with Crippen LogP contribution in [0.2, 0.25) is 0 Å². The van der Waals surface area contributed by atoms with Crippen molar-refractivity contribution in [2.45, 2.75) is 50.5 Å². The fourth-order valence-electron chi connectivity index (χ4n) is 5.70. The molecule has 1 spiro atoms. The van der Waals surface area contributed by atoms with Crippen molar-refractivity contribution in [3.63, 3.8) is 0 Å². The predicted molar refractivity (Wildman–Crippen MR) is 141 cm³/mol. The van der Waals surface area contributed by atoms with E-state index in [1.165, 1.54) is 3.97 Å². The molecule has 1 atom stereocenters. The Hall–Kier alpha value is -3.66. The molecular formula is C27H30N6O3S. The molecule has 9 nitrogen and oxygen atoms in total. The Morgan fingerprint density at radius 1 is 1.11 bits per heavy atom. The highest BCUT2D eigenvalue weighted by Crippen LogP contribution is 2.44. The number of benzene rings is 1. The molecule has 192 valence electrons. The van der Waals surface area contributed by atoms with Crippen LogP contribution in [0.25, 0.3) is 22.3 Å². The largest absolute Gasteiger partial charge is 0.338 e. The van der Waals surface area contributed by atoms with E-state index in [9.17, 15) is 13.2 Å². The van der Waals surface area contributed by atoms with Crippen molar-refractivity contribution in [2.24, 2.45) is 0 Å². The van der Waals surface area contributed by atoms with Crippen LogP contribution in [0, 0.1) is 13.8 Å². The van der Waals surface area contributed by atoms with E-state index in [-0.39, 0.29) is 16.3 Å². The lowest BCUT2D eigenvalue weighted by Gasteiger charge is -2.23. The van der Waals surface area contributed by atoms with Crippen molar-refractivity contribution in [1.29, 1.82) is 0 Å². The van der Waals surface area contributed by atoms with Crippen LogP contribution in [0.4, 0.5) is 4.79 Å². The van der Waals surface area contributed by atoms with Gasteiger partial charge in [-0.3, -0.25) is 4.68 Å². The van der Waals surface area contributed by atoms with Gasteiger partial charge < -0.3 is 10.2 Å². The summed E-state index contributed by atoms with van der Waals surface area (Å²) in [5.74, 6) is 0. The zero-order valence-corrected chi connectivity index (χ0v) is 22.0. The fourth-order valence-corrected chi connectivity index (χ4v) is 7.08. The van der Waals surface area contributed by atoms with E-state index in [1.54, 1.807) is 36.7 Å². The Balaban J connectivity index is 1.34. The standard InChI is InChI=1S/C27H30N6O3S/c1-4-28-26(34)31-11-9-27(17-31)10-12-32-24(27)14-23(30-32)20-13-22-19(3)16-33(25(22)29-15-20)37(35,36)21-7-5-18(2)6-8-21/h5-8,13-16H,4,9-12,17H2,1-3H3,(H,28,34)/t27-/m0/s1. The highest BCUT2D eigenvalue weighted by molar-refractivity contribution is 7.90. The summed E-state index contributed by atoms with van der Waals surface area (Å²) in [5.41, 5.74) is 4.97. The van der Waals surface area contributed by atoms with E-state index in [1.807, 2.05) is 31.7 Å². The average Bonchev–Trinajstić information content (AvgIpc) is 3.64. The minimum atomic E-state index is -3.77. The van der Waals surface area contributed by atoms with Gasteiger partial charge in [-0.15, -0.1) is 0 Å². The van der Waals surface area contributed by atoms with Gasteiger partial charge in [0.25, 0.3) is 10.0 Å². The van der Waals surface area contributed by atoms with Crippen LogP contribution in [0.1, 0.15) is 36.6 Å². The van der Waals surface area contributed by atoms with Crippen molar-refractivity contribution in [3.8, 4) is 11.3 Å². The fraction of sp³-hybridized carbons (Fsp3) is 0.370. The normalized spacial score (nSPS) is 19.2. The number of pyridine rings is 1. The third kappa shape index (κ3) is 3.73. The molecule has 37 heavy (non-hydrogen) atoms. The van der Waals surface area contributed by atoms with E-state index < -0.39 is 10.0 Å². The highest BCUT2D eigenvalue weighted by atomic mass is 32.2. The van der Waals surface area contributed by atoms with Gasteiger partial charge in [0.15, 0.2) is 5.65 Å². The predicted octanol–water partition coefficient (Wildman–Crippen LogP) is 3.83. The molecule has 1 fully saturated rings. The SMILES string of the molecule is CCNC(=O)N1CC[C@]2(CCn3nc(-c4cnc5c(c4)c(C)cn5S(=O)(=O)c4ccc(C)cc4)cc32)C1. The first-order valence-electron chi connectivity index (χ1n) is 12.6. The number of nitrogens with zero attached hydrogens (tertiary/aromatic N) is 5. The number of rotatable bonds is 4. The number of hydrogen-bond donors (Lipinski definition) is 1. The van der Waals surface area contributed by atoms with Gasteiger partial charge in [-0.05, 0) is 63.4 Å². The van der Waals surface area contributed by atoms with Crippen LogP contribution in [0.15, 0.2) is 53.7 Å². The lowest BCUT2D eigenvalue weighted by Crippen LogP contribution is -2.40. The molecule has 0 unspecified atom stereocenters. The number of carbonyl (C=O) groups is 1. The number of carbonyl (C=O) groups excluding carboxylic acids is 1. The minimum Gasteiger partial charge on any atom is -0.338 e. The molecule has 10 heteroatoms. The number of aromatic nitrogens is 4. The number of fused-ring (bicyclic) bond motifs is 3. The summed E-state index contributed by atoms with van der Waals surface area (Å²) in [7, 11) is -3.77. The quantitative estimate of drug-likeness (QED) is 0.442. The summed E-state index contributed by atoms with van der Waals surface area (Å²) in [6.45, 7) is 8.62. The van der Waals surface area contributed by atoms with Crippen LogP contribution in [-0.4, -0.2) is 57.7 Å². The van der Waals surface area contributed by atoms with Gasteiger partial charge in [0, 0.05) is 60.6 Å².